The molecule has 1 heterocycles. The molecule has 26 heavy (non-hydrogen) atoms. The lowest BCUT2D eigenvalue weighted by Crippen LogP contribution is -2.45. The molecular weight excluding hydrogens is 413 g/mol. The number of rotatable bonds is 5. The number of nitrogens with one attached hydrogen (secondary N) is 1. The summed E-state index contributed by atoms with van der Waals surface area (Å²) in [6.45, 7) is 0.637. The number of nitrogens with two attached hydrogens (primary N) is 1. The first kappa shape index (κ1) is 23.2. The van der Waals surface area contributed by atoms with Crippen LogP contribution in [0.15, 0.2) is 29.6 Å². The second-order valence-electron chi connectivity index (χ2n) is 6.25. The number of amides is 1. The van der Waals surface area contributed by atoms with Crippen molar-refractivity contribution in [3.63, 3.8) is 0 Å². The Morgan fingerprint density at radius 1 is 1.27 bits per heavy atom. The molecule has 1 aliphatic carbocycles. The van der Waals surface area contributed by atoms with Gasteiger partial charge in [-0.3, -0.25) is 4.79 Å². The van der Waals surface area contributed by atoms with Crippen molar-refractivity contribution in [1.29, 1.82) is 0 Å². The van der Waals surface area contributed by atoms with Crippen LogP contribution in [0.4, 0.5) is 0 Å². The monoisotopic (exact) mass is 435 g/mol. The number of benzene rings is 1. The van der Waals surface area contributed by atoms with Crippen LogP contribution in [0.3, 0.4) is 0 Å². The van der Waals surface area contributed by atoms with Crippen molar-refractivity contribution in [2.75, 3.05) is 6.54 Å². The Labute approximate surface area is 175 Å². The van der Waals surface area contributed by atoms with Gasteiger partial charge in [-0.2, -0.15) is 0 Å². The van der Waals surface area contributed by atoms with Crippen molar-refractivity contribution in [2.24, 2.45) is 11.7 Å². The third kappa shape index (κ3) is 5.83. The normalized spacial score (nSPS) is 19.2. The number of aromatic nitrogens is 1. The minimum atomic E-state index is 0. The van der Waals surface area contributed by atoms with Gasteiger partial charge >= 0.3 is 0 Å². The maximum absolute atomic E-state index is 12.3. The third-order valence-electron chi connectivity index (χ3n) is 4.56. The highest BCUT2D eigenvalue weighted by Crippen LogP contribution is 2.30. The van der Waals surface area contributed by atoms with E-state index < -0.39 is 0 Å². The quantitative estimate of drug-likeness (QED) is 0.726. The summed E-state index contributed by atoms with van der Waals surface area (Å²) < 4.78 is 0. The Hall–Kier alpha value is -0.850. The fourth-order valence-corrected chi connectivity index (χ4v) is 4.39. The van der Waals surface area contributed by atoms with E-state index in [0.717, 1.165) is 35.5 Å². The third-order valence-corrected chi connectivity index (χ3v) is 5.81. The van der Waals surface area contributed by atoms with Gasteiger partial charge < -0.3 is 11.1 Å². The van der Waals surface area contributed by atoms with E-state index in [9.17, 15) is 4.79 Å². The molecule has 2 atom stereocenters. The van der Waals surface area contributed by atoms with E-state index in [-0.39, 0.29) is 36.8 Å². The molecule has 1 aliphatic rings. The molecule has 0 radical (unpaired) electrons. The van der Waals surface area contributed by atoms with Crippen molar-refractivity contribution in [1.82, 2.24) is 10.3 Å². The largest absolute Gasteiger partial charge is 0.353 e. The lowest BCUT2D eigenvalue weighted by molar-refractivity contribution is -0.121. The van der Waals surface area contributed by atoms with Crippen LogP contribution in [-0.2, 0) is 11.2 Å². The lowest BCUT2D eigenvalue weighted by Gasteiger charge is -2.31. The smallest absolute Gasteiger partial charge is 0.226 e. The van der Waals surface area contributed by atoms with E-state index in [2.05, 4.69) is 10.3 Å². The second-order valence-corrected chi connectivity index (χ2v) is 7.52. The van der Waals surface area contributed by atoms with Crippen LogP contribution in [0.2, 0.25) is 5.02 Å². The number of carbonyl (C=O) groups is 1. The van der Waals surface area contributed by atoms with Crippen LogP contribution < -0.4 is 11.1 Å². The molecule has 1 amide bonds. The summed E-state index contributed by atoms with van der Waals surface area (Å²) in [5.74, 6) is 0.424. The first-order valence-corrected chi connectivity index (χ1v) is 9.62. The van der Waals surface area contributed by atoms with Crippen LogP contribution in [0, 0.1) is 5.92 Å². The van der Waals surface area contributed by atoms with Crippen LogP contribution in [0.25, 0.3) is 10.6 Å². The predicted octanol–water partition coefficient (Wildman–Crippen LogP) is 4.48. The highest BCUT2D eigenvalue weighted by Gasteiger charge is 2.25. The summed E-state index contributed by atoms with van der Waals surface area (Å²) in [6, 6.07) is 7.83. The summed E-state index contributed by atoms with van der Waals surface area (Å²) in [5, 5.41) is 6.60. The Balaban J connectivity index is 0.00000169. The van der Waals surface area contributed by atoms with Gasteiger partial charge in [0.1, 0.15) is 5.01 Å². The molecular formula is C18H24Cl3N3OS. The van der Waals surface area contributed by atoms with E-state index in [0.29, 0.717) is 23.9 Å². The second kappa shape index (κ2) is 11.1. The first-order chi connectivity index (χ1) is 11.7. The molecule has 144 valence electrons. The molecule has 1 aromatic heterocycles. The SMILES string of the molecule is Cl.Cl.NCC1CCCCC1NC(=O)Cc1csc(-c2ccccc2Cl)n1. The summed E-state index contributed by atoms with van der Waals surface area (Å²) in [5.41, 5.74) is 7.52. The fraction of sp³-hybridized carbons (Fsp3) is 0.444. The molecule has 0 saturated heterocycles. The van der Waals surface area contributed by atoms with E-state index in [1.807, 2.05) is 29.6 Å². The van der Waals surface area contributed by atoms with Crippen LogP contribution >= 0.6 is 47.8 Å². The topological polar surface area (TPSA) is 68.0 Å². The zero-order valence-corrected chi connectivity index (χ0v) is 17.5. The lowest BCUT2D eigenvalue weighted by atomic mass is 9.84. The van der Waals surface area contributed by atoms with E-state index in [1.165, 1.54) is 17.8 Å². The van der Waals surface area contributed by atoms with Crippen LogP contribution in [0.1, 0.15) is 31.4 Å². The highest BCUT2D eigenvalue weighted by molar-refractivity contribution is 7.13. The fourth-order valence-electron chi connectivity index (χ4n) is 3.25. The van der Waals surface area contributed by atoms with Crippen molar-refractivity contribution >= 4 is 53.7 Å². The van der Waals surface area contributed by atoms with Gasteiger partial charge in [0.15, 0.2) is 0 Å². The van der Waals surface area contributed by atoms with E-state index in [1.54, 1.807) is 0 Å². The number of halogens is 3. The molecule has 3 N–H and O–H groups in total. The number of thiazole rings is 1. The molecule has 3 rings (SSSR count). The van der Waals surface area contributed by atoms with Gasteiger partial charge in [0.25, 0.3) is 0 Å². The van der Waals surface area contributed by atoms with Crippen molar-refractivity contribution < 1.29 is 4.79 Å². The van der Waals surface area contributed by atoms with Crippen molar-refractivity contribution in [2.45, 2.75) is 38.1 Å². The van der Waals surface area contributed by atoms with Gasteiger partial charge in [0, 0.05) is 17.0 Å². The molecule has 0 aliphatic heterocycles. The first-order valence-electron chi connectivity index (χ1n) is 8.36. The predicted molar refractivity (Wildman–Crippen MR) is 114 cm³/mol. The van der Waals surface area contributed by atoms with Gasteiger partial charge in [-0.15, -0.1) is 36.2 Å². The average molecular weight is 437 g/mol. The molecule has 1 saturated carbocycles. The van der Waals surface area contributed by atoms with Crippen LogP contribution in [0.5, 0.6) is 0 Å². The van der Waals surface area contributed by atoms with Crippen molar-refractivity contribution in [3.05, 3.63) is 40.4 Å². The number of carbonyl (C=O) groups excluding carboxylic acids is 1. The van der Waals surface area contributed by atoms with Gasteiger partial charge in [-0.1, -0.05) is 42.6 Å². The van der Waals surface area contributed by atoms with Crippen LogP contribution in [-0.4, -0.2) is 23.5 Å². The summed E-state index contributed by atoms with van der Waals surface area (Å²) >= 11 is 7.72. The van der Waals surface area contributed by atoms with Gasteiger partial charge in [0.2, 0.25) is 5.91 Å². The minimum Gasteiger partial charge on any atom is -0.353 e. The molecule has 2 aromatic rings. The molecule has 1 fully saturated rings. The standard InChI is InChI=1S/C18H22ClN3OS.2ClH/c19-15-7-3-2-6-14(15)18-21-13(11-24-18)9-17(23)22-16-8-4-1-5-12(16)10-20;;/h2-3,6-7,11-12,16H,1,4-5,8-10,20H2,(H,22,23);2*1H. The van der Waals surface area contributed by atoms with Gasteiger partial charge in [0.05, 0.1) is 17.1 Å². The maximum atomic E-state index is 12.3. The number of hydrogen-bond donors (Lipinski definition) is 2. The number of nitrogens with zero attached hydrogens (tertiary/aromatic N) is 1. The Kier molecular flexibility index (Phi) is 9.90. The zero-order valence-electron chi connectivity index (χ0n) is 14.3. The van der Waals surface area contributed by atoms with E-state index in [4.69, 9.17) is 17.3 Å². The molecule has 4 nitrogen and oxygen atoms in total. The zero-order chi connectivity index (χ0) is 16.9. The number of hydrogen-bond acceptors (Lipinski definition) is 4. The molecule has 2 unspecified atom stereocenters. The average Bonchev–Trinajstić information content (AvgIpc) is 3.04. The highest BCUT2D eigenvalue weighted by atomic mass is 35.5. The summed E-state index contributed by atoms with van der Waals surface area (Å²) in [6.07, 6.45) is 4.80. The molecule has 0 spiro atoms. The molecule has 8 heteroatoms. The molecule has 1 aromatic carbocycles. The summed E-state index contributed by atoms with van der Waals surface area (Å²) in [4.78, 5) is 16.9. The Morgan fingerprint density at radius 2 is 2.00 bits per heavy atom. The van der Waals surface area contributed by atoms with Gasteiger partial charge in [-0.05, 0) is 31.4 Å². The Morgan fingerprint density at radius 3 is 2.73 bits per heavy atom. The molecule has 0 bridgehead atoms. The summed E-state index contributed by atoms with van der Waals surface area (Å²) in [7, 11) is 0. The minimum absolute atomic E-state index is 0. The maximum Gasteiger partial charge on any atom is 0.226 e. The Bertz CT molecular complexity index is 710. The van der Waals surface area contributed by atoms with E-state index >= 15 is 0 Å². The van der Waals surface area contributed by atoms with Gasteiger partial charge in [-0.25, -0.2) is 4.98 Å². The van der Waals surface area contributed by atoms with Crippen molar-refractivity contribution in [3.8, 4) is 10.6 Å².